The zero-order chi connectivity index (χ0) is 20.4. The number of carbonyl (C=O) groups is 2. The van der Waals surface area contributed by atoms with Crippen LogP contribution in [0.3, 0.4) is 0 Å². The van der Waals surface area contributed by atoms with E-state index >= 15 is 0 Å². The van der Waals surface area contributed by atoms with Crippen LogP contribution in [0.2, 0.25) is 0 Å². The molecule has 2 heterocycles. The number of anilines is 3. The van der Waals surface area contributed by atoms with Crippen molar-refractivity contribution in [1.29, 1.82) is 0 Å². The summed E-state index contributed by atoms with van der Waals surface area (Å²) in [5, 5.41) is 11.1. The third kappa shape index (κ3) is 3.67. The van der Waals surface area contributed by atoms with Gasteiger partial charge >= 0.3 is 5.97 Å². The maximum absolute atomic E-state index is 12.5. The van der Waals surface area contributed by atoms with Gasteiger partial charge in [0, 0.05) is 17.4 Å². The molecule has 7 nitrogen and oxygen atoms in total. The quantitative estimate of drug-likeness (QED) is 0.688. The Morgan fingerprint density at radius 2 is 1.79 bits per heavy atom. The van der Waals surface area contributed by atoms with Gasteiger partial charge in [0.1, 0.15) is 0 Å². The molecule has 0 aliphatic carbocycles. The number of methoxy groups -OCH3 is 1. The van der Waals surface area contributed by atoms with E-state index in [1.54, 1.807) is 36.4 Å². The number of nitrogens with one attached hydrogen (secondary N) is 1. The molecule has 4 rings (SSSR count). The van der Waals surface area contributed by atoms with Gasteiger partial charge in [0.25, 0.3) is 5.91 Å². The predicted octanol–water partition coefficient (Wildman–Crippen LogP) is 3.60. The van der Waals surface area contributed by atoms with Crippen LogP contribution in [0, 0.1) is 0 Å². The summed E-state index contributed by atoms with van der Waals surface area (Å²) in [6.45, 7) is 2.14. The van der Waals surface area contributed by atoms with E-state index in [4.69, 9.17) is 0 Å². The van der Waals surface area contributed by atoms with Crippen LogP contribution in [0.4, 0.5) is 17.2 Å². The molecule has 3 aromatic rings. The van der Waals surface area contributed by atoms with Crippen molar-refractivity contribution in [2.75, 3.05) is 17.3 Å². The van der Waals surface area contributed by atoms with Crippen LogP contribution < -0.4 is 10.2 Å². The second kappa shape index (κ2) is 7.71. The number of amides is 1. The van der Waals surface area contributed by atoms with Crippen LogP contribution in [0.15, 0.2) is 60.7 Å². The molecule has 1 amide bonds. The molecule has 0 radical (unpaired) electrons. The lowest BCUT2D eigenvalue weighted by Gasteiger charge is -2.23. The Kier molecular flexibility index (Phi) is 4.95. The van der Waals surface area contributed by atoms with E-state index in [9.17, 15) is 9.59 Å². The summed E-state index contributed by atoms with van der Waals surface area (Å²) < 4.78 is 4.66. The third-order valence-corrected chi connectivity index (χ3v) is 4.90. The van der Waals surface area contributed by atoms with E-state index in [1.165, 1.54) is 12.7 Å². The Bertz CT molecular complexity index is 1050. The molecule has 1 aliphatic heterocycles. The zero-order valence-corrected chi connectivity index (χ0v) is 16.1. The van der Waals surface area contributed by atoms with Gasteiger partial charge in [-0.2, -0.15) is 0 Å². The zero-order valence-electron chi connectivity index (χ0n) is 16.1. The minimum Gasteiger partial charge on any atom is -0.465 e. The van der Waals surface area contributed by atoms with Crippen molar-refractivity contribution in [3.63, 3.8) is 0 Å². The molecule has 0 fully saturated rings. The van der Waals surface area contributed by atoms with Crippen molar-refractivity contribution in [2.24, 2.45) is 0 Å². The lowest BCUT2D eigenvalue weighted by molar-refractivity contribution is 0.0600. The maximum atomic E-state index is 12.5. The Morgan fingerprint density at radius 1 is 1.03 bits per heavy atom. The van der Waals surface area contributed by atoms with Crippen LogP contribution in [-0.4, -0.2) is 35.2 Å². The van der Waals surface area contributed by atoms with Crippen molar-refractivity contribution < 1.29 is 14.3 Å². The molecule has 0 bridgehead atoms. The van der Waals surface area contributed by atoms with E-state index < -0.39 is 5.97 Å². The van der Waals surface area contributed by atoms with Gasteiger partial charge in [0.2, 0.25) is 0 Å². The van der Waals surface area contributed by atoms with Crippen LogP contribution in [-0.2, 0) is 11.2 Å². The molecular formula is C22H20N4O3. The minimum absolute atomic E-state index is 0.214. The van der Waals surface area contributed by atoms with E-state index in [0.29, 0.717) is 17.1 Å². The topological polar surface area (TPSA) is 84.4 Å². The number of ether oxygens (including phenoxy) is 1. The largest absolute Gasteiger partial charge is 0.465 e. The Balaban J connectivity index is 1.48. The first-order valence-corrected chi connectivity index (χ1v) is 9.27. The van der Waals surface area contributed by atoms with Gasteiger partial charge in [0.15, 0.2) is 11.5 Å². The van der Waals surface area contributed by atoms with Crippen molar-refractivity contribution >= 4 is 29.1 Å². The number of rotatable bonds is 4. The summed E-state index contributed by atoms with van der Waals surface area (Å²) in [5.41, 5.74) is 3.58. The standard InChI is InChI=1S/C22H20N4O3/c1-14-13-16-5-3-4-6-19(16)26(14)20-12-11-18(24-25-20)21(27)23-17-9-7-15(8-10-17)22(28)29-2/h3-12,14H,13H2,1-2H3,(H,23,27). The monoisotopic (exact) mass is 388 g/mol. The number of benzene rings is 2. The van der Waals surface area contributed by atoms with Gasteiger partial charge < -0.3 is 15.0 Å². The van der Waals surface area contributed by atoms with Crippen molar-refractivity contribution in [2.45, 2.75) is 19.4 Å². The van der Waals surface area contributed by atoms with Gasteiger partial charge in [-0.15, -0.1) is 10.2 Å². The van der Waals surface area contributed by atoms with Crippen LogP contribution >= 0.6 is 0 Å². The molecule has 2 aromatic carbocycles. The molecule has 1 unspecified atom stereocenters. The number of para-hydroxylation sites is 1. The molecule has 29 heavy (non-hydrogen) atoms. The first-order chi connectivity index (χ1) is 14.1. The van der Waals surface area contributed by atoms with Crippen molar-refractivity contribution in [3.8, 4) is 0 Å². The molecule has 1 aromatic heterocycles. The highest BCUT2D eigenvalue weighted by molar-refractivity contribution is 6.03. The number of nitrogens with zero attached hydrogens (tertiary/aromatic N) is 3. The number of carbonyl (C=O) groups excluding carboxylic acids is 2. The molecule has 146 valence electrons. The van der Waals surface area contributed by atoms with Gasteiger partial charge in [0.05, 0.1) is 12.7 Å². The number of esters is 1. The summed E-state index contributed by atoms with van der Waals surface area (Å²) in [6.07, 6.45) is 0.946. The molecule has 1 atom stereocenters. The Hall–Kier alpha value is -3.74. The van der Waals surface area contributed by atoms with E-state index in [2.05, 4.69) is 44.2 Å². The third-order valence-electron chi connectivity index (χ3n) is 4.90. The lowest BCUT2D eigenvalue weighted by atomic mass is 10.1. The summed E-state index contributed by atoms with van der Waals surface area (Å²) >= 11 is 0. The smallest absolute Gasteiger partial charge is 0.337 e. The molecule has 1 aliphatic rings. The van der Waals surface area contributed by atoms with Crippen LogP contribution in [0.25, 0.3) is 0 Å². The van der Waals surface area contributed by atoms with E-state index in [-0.39, 0.29) is 17.6 Å². The minimum atomic E-state index is -0.429. The average Bonchev–Trinajstić information content (AvgIpc) is 3.09. The fraction of sp³-hybridized carbons (Fsp3) is 0.182. The van der Waals surface area contributed by atoms with Gasteiger partial charge in [-0.3, -0.25) is 4.79 Å². The summed E-state index contributed by atoms with van der Waals surface area (Å²) in [7, 11) is 1.32. The highest BCUT2D eigenvalue weighted by atomic mass is 16.5. The second-order valence-electron chi connectivity index (χ2n) is 6.85. The second-order valence-corrected chi connectivity index (χ2v) is 6.85. The molecule has 0 saturated heterocycles. The van der Waals surface area contributed by atoms with Crippen molar-refractivity contribution in [3.05, 3.63) is 77.5 Å². The maximum Gasteiger partial charge on any atom is 0.337 e. The Morgan fingerprint density at radius 3 is 2.48 bits per heavy atom. The SMILES string of the molecule is COC(=O)c1ccc(NC(=O)c2ccc(N3c4ccccc4CC3C)nn2)cc1. The van der Waals surface area contributed by atoms with Gasteiger partial charge in [-0.05, 0) is 61.4 Å². The number of fused-ring (bicyclic) bond motifs is 1. The number of hydrogen-bond acceptors (Lipinski definition) is 6. The molecule has 1 N–H and O–H groups in total. The van der Waals surface area contributed by atoms with E-state index in [0.717, 1.165) is 12.1 Å². The van der Waals surface area contributed by atoms with Gasteiger partial charge in [-0.1, -0.05) is 18.2 Å². The Labute approximate surface area is 168 Å². The summed E-state index contributed by atoms with van der Waals surface area (Å²) in [4.78, 5) is 26.1. The number of aromatic nitrogens is 2. The van der Waals surface area contributed by atoms with E-state index in [1.807, 2.05) is 12.1 Å². The van der Waals surface area contributed by atoms with Crippen LogP contribution in [0.1, 0.15) is 33.3 Å². The van der Waals surface area contributed by atoms with Crippen LogP contribution in [0.5, 0.6) is 0 Å². The summed E-state index contributed by atoms with van der Waals surface area (Å²) in [6, 6.07) is 18.4. The molecule has 0 spiro atoms. The fourth-order valence-electron chi connectivity index (χ4n) is 3.49. The first-order valence-electron chi connectivity index (χ1n) is 9.27. The molecule has 7 heteroatoms. The average molecular weight is 388 g/mol. The lowest BCUT2D eigenvalue weighted by Crippen LogP contribution is -2.25. The predicted molar refractivity (Wildman–Crippen MR) is 110 cm³/mol. The highest BCUT2D eigenvalue weighted by Gasteiger charge is 2.28. The highest BCUT2D eigenvalue weighted by Crippen LogP contribution is 2.36. The normalized spacial score (nSPS) is 15.0. The van der Waals surface area contributed by atoms with Crippen molar-refractivity contribution in [1.82, 2.24) is 10.2 Å². The molecular weight excluding hydrogens is 368 g/mol. The molecule has 0 saturated carbocycles. The van der Waals surface area contributed by atoms with Gasteiger partial charge in [-0.25, -0.2) is 4.79 Å². The number of hydrogen-bond donors (Lipinski definition) is 1. The first kappa shape index (κ1) is 18.6. The fourth-order valence-corrected chi connectivity index (χ4v) is 3.49. The summed E-state index contributed by atoms with van der Waals surface area (Å²) in [5.74, 6) is -0.0896.